The zero-order valence-electron chi connectivity index (χ0n) is 12.2. The summed E-state index contributed by atoms with van der Waals surface area (Å²) in [5.41, 5.74) is -2.04. The van der Waals surface area contributed by atoms with Crippen LogP contribution in [0.5, 0.6) is 0 Å². The van der Waals surface area contributed by atoms with Crippen LogP contribution in [0, 0.1) is 28.5 Å². The molecule has 7 heteroatoms. The molecule has 1 aromatic heterocycles. The average molecular weight is 331 g/mol. The van der Waals surface area contributed by atoms with Crippen LogP contribution in [0.3, 0.4) is 0 Å². The van der Waals surface area contributed by atoms with Crippen molar-refractivity contribution < 1.29 is 17.6 Å². The molecule has 3 rings (SSSR count). The quantitative estimate of drug-likeness (QED) is 0.745. The number of fused-ring (bicyclic) bond motifs is 1. The summed E-state index contributed by atoms with van der Waals surface area (Å²) < 4.78 is 52.4. The van der Waals surface area contributed by atoms with Crippen molar-refractivity contribution in [1.29, 1.82) is 10.5 Å². The summed E-state index contributed by atoms with van der Waals surface area (Å²) in [6.07, 6.45) is -4.22. The maximum atomic E-state index is 13.4. The maximum absolute atomic E-state index is 13.4. The summed E-state index contributed by atoms with van der Waals surface area (Å²) >= 11 is 0. The van der Waals surface area contributed by atoms with Crippen LogP contribution in [-0.4, -0.2) is 4.98 Å². The number of benzene rings is 1. The van der Waals surface area contributed by atoms with Crippen molar-refractivity contribution in [2.45, 2.75) is 24.4 Å². The summed E-state index contributed by atoms with van der Waals surface area (Å²) in [7, 11) is 0. The molecule has 1 aliphatic rings. The van der Waals surface area contributed by atoms with E-state index in [0.29, 0.717) is 23.6 Å². The van der Waals surface area contributed by atoms with Crippen LogP contribution >= 0.6 is 0 Å². The third-order valence-electron chi connectivity index (χ3n) is 4.20. The third kappa shape index (κ3) is 2.30. The van der Waals surface area contributed by atoms with E-state index in [4.69, 9.17) is 0 Å². The molecule has 1 atom stereocenters. The van der Waals surface area contributed by atoms with Crippen molar-refractivity contribution in [3.63, 3.8) is 0 Å². The summed E-state index contributed by atoms with van der Waals surface area (Å²) in [6, 6.07) is 9.34. The predicted molar refractivity (Wildman–Crippen MR) is 75.1 cm³/mol. The number of nitriles is 2. The van der Waals surface area contributed by atoms with Gasteiger partial charge in [-0.15, -0.1) is 0 Å². The van der Waals surface area contributed by atoms with E-state index in [1.165, 1.54) is 12.1 Å². The second-order valence-electron chi connectivity index (χ2n) is 5.52. The molecule has 1 aliphatic carbocycles. The Morgan fingerprint density at radius 1 is 1.12 bits per heavy atom. The lowest BCUT2D eigenvalue weighted by Gasteiger charge is -2.23. The van der Waals surface area contributed by atoms with Crippen LogP contribution in [0.4, 0.5) is 17.6 Å². The normalized spacial score (nSPS) is 19.4. The molecule has 1 heterocycles. The summed E-state index contributed by atoms with van der Waals surface area (Å²) in [6.45, 7) is 0. The zero-order valence-corrected chi connectivity index (χ0v) is 12.2. The fourth-order valence-electron chi connectivity index (χ4n) is 3.09. The lowest BCUT2D eigenvalue weighted by molar-refractivity contribution is -0.141. The van der Waals surface area contributed by atoms with Gasteiger partial charge in [-0.1, -0.05) is 6.07 Å². The van der Waals surface area contributed by atoms with E-state index in [1.54, 1.807) is 6.07 Å². The summed E-state index contributed by atoms with van der Waals surface area (Å²) in [5, 5.41) is 19.0. The minimum atomic E-state index is -4.69. The van der Waals surface area contributed by atoms with Crippen LogP contribution in [0.2, 0.25) is 0 Å². The molecule has 0 spiro atoms. The molecule has 0 radical (unpaired) electrons. The molecule has 0 aliphatic heterocycles. The SMILES string of the molecule is N#Cc1ccc(C(F)(F)F)nc1C1(C#N)CCc2cc(F)ccc21. The van der Waals surface area contributed by atoms with Gasteiger partial charge in [0.05, 0.1) is 17.3 Å². The molecule has 2 aromatic rings. The number of alkyl halides is 3. The number of hydrogen-bond acceptors (Lipinski definition) is 3. The highest BCUT2D eigenvalue weighted by Crippen LogP contribution is 2.45. The van der Waals surface area contributed by atoms with Gasteiger partial charge in [0.25, 0.3) is 0 Å². The second-order valence-corrected chi connectivity index (χ2v) is 5.52. The van der Waals surface area contributed by atoms with Crippen LogP contribution in [0.1, 0.15) is 34.5 Å². The molecule has 0 bridgehead atoms. The van der Waals surface area contributed by atoms with Gasteiger partial charge in [0.2, 0.25) is 0 Å². The molecule has 120 valence electrons. The van der Waals surface area contributed by atoms with Crippen molar-refractivity contribution in [1.82, 2.24) is 4.98 Å². The largest absolute Gasteiger partial charge is 0.433 e. The standard InChI is InChI=1S/C17H9F4N3/c18-12-2-3-13-10(7-12)5-6-16(13,9-23)15-11(8-22)1-4-14(24-15)17(19,20)21/h1-4,7H,5-6H2. The van der Waals surface area contributed by atoms with E-state index in [9.17, 15) is 28.1 Å². The molecule has 0 N–H and O–H groups in total. The molecule has 3 nitrogen and oxygen atoms in total. The van der Waals surface area contributed by atoms with E-state index in [1.807, 2.05) is 6.07 Å². The van der Waals surface area contributed by atoms with Crippen molar-refractivity contribution >= 4 is 0 Å². The Bertz CT molecular complexity index is 906. The first-order valence-electron chi connectivity index (χ1n) is 7.01. The van der Waals surface area contributed by atoms with Gasteiger partial charge in [0.1, 0.15) is 23.0 Å². The number of aromatic nitrogens is 1. The first kappa shape index (κ1) is 15.9. The van der Waals surface area contributed by atoms with Crippen molar-refractivity contribution in [2.75, 3.05) is 0 Å². The Morgan fingerprint density at radius 2 is 1.88 bits per heavy atom. The highest BCUT2D eigenvalue weighted by Gasteiger charge is 2.45. The van der Waals surface area contributed by atoms with Crippen LogP contribution in [0.25, 0.3) is 0 Å². The molecular formula is C17H9F4N3. The Morgan fingerprint density at radius 3 is 2.50 bits per heavy atom. The molecule has 0 saturated heterocycles. The fourth-order valence-corrected chi connectivity index (χ4v) is 3.09. The van der Waals surface area contributed by atoms with Crippen LogP contribution in [0.15, 0.2) is 30.3 Å². The first-order valence-corrected chi connectivity index (χ1v) is 7.01. The number of aryl methyl sites for hydroxylation is 1. The minimum absolute atomic E-state index is 0.0956. The van der Waals surface area contributed by atoms with E-state index in [0.717, 1.165) is 12.1 Å². The number of halogens is 4. The van der Waals surface area contributed by atoms with E-state index >= 15 is 0 Å². The Kier molecular flexibility index (Phi) is 3.53. The number of hydrogen-bond donors (Lipinski definition) is 0. The molecule has 1 unspecified atom stereocenters. The molecule has 0 fully saturated rings. The molecule has 24 heavy (non-hydrogen) atoms. The molecule has 0 saturated carbocycles. The monoisotopic (exact) mass is 331 g/mol. The smallest absolute Gasteiger partial charge is 0.245 e. The van der Waals surface area contributed by atoms with Gasteiger partial charge in [-0.25, -0.2) is 9.37 Å². The lowest BCUT2D eigenvalue weighted by atomic mass is 9.78. The topological polar surface area (TPSA) is 60.5 Å². The van der Waals surface area contributed by atoms with Gasteiger partial charge in [0.15, 0.2) is 0 Å². The number of rotatable bonds is 1. The number of nitrogens with zero attached hydrogens (tertiary/aromatic N) is 3. The second kappa shape index (κ2) is 5.31. The molecular weight excluding hydrogens is 322 g/mol. The number of pyridine rings is 1. The van der Waals surface area contributed by atoms with Gasteiger partial charge in [0, 0.05) is 0 Å². The lowest BCUT2D eigenvalue weighted by Crippen LogP contribution is -2.27. The van der Waals surface area contributed by atoms with Crippen LogP contribution < -0.4 is 0 Å². The fraction of sp³-hybridized carbons (Fsp3) is 0.235. The highest BCUT2D eigenvalue weighted by atomic mass is 19.4. The first-order chi connectivity index (χ1) is 11.3. The van der Waals surface area contributed by atoms with E-state index in [-0.39, 0.29) is 17.7 Å². The molecule has 1 aromatic carbocycles. The van der Waals surface area contributed by atoms with Gasteiger partial charge in [-0.2, -0.15) is 23.7 Å². The summed E-state index contributed by atoms with van der Waals surface area (Å²) in [4.78, 5) is 3.60. The average Bonchev–Trinajstić information content (AvgIpc) is 2.92. The van der Waals surface area contributed by atoms with Crippen molar-refractivity contribution in [3.05, 3.63) is 64.2 Å². The van der Waals surface area contributed by atoms with Gasteiger partial charge in [-0.3, -0.25) is 0 Å². The Hall–Kier alpha value is -2.93. The maximum Gasteiger partial charge on any atom is 0.433 e. The van der Waals surface area contributed by atoms with Gasteiger partial charge in [-0.05, 0) is 48.2 Å². The Balaban J connectivity index is 2.29. The zero-order chi connectivity index (χ0) is 17.5. The van der Waals surface area contributed by atoms with Crippen molar-refractivity contribution in [3.8, 4) is 12.1 Å². The summed E-state index contributed by atoms with van der Waals surface area (Å²) in [5.74, 6) is -0.486. The van der Waals surface area contributed by atoms with Gasteiger partial charge >= 0.3 is 6.18 Å². The highest BCUT2D eigenvalue weighted by molar-refractivity contribution is 5.55. The Labute approximate surface area is 134 Å². The van der Waals surface area contributed by atoms with Crippen LogP contribution in [-0.2, 0) is 18.0 Å². The third-order valence-corrected chi connectivity index (χ3v) is 4.20. The predicted octanol–water partition coefficient (Wildman–Crippen LogP) is 3.87. The minimum Gasteiger partial charge on any atom is -0.245 e. The molecule has 0 amide bonds. The van der Waals surface area contributed by atoms with Crippen molar-refractivity contribution in [2.24, 2.45) is 0 Å². The van der Waals surface area contributed by atoms with Gasteiger partial charge < -0.3 is 0 Å². The van der Waals surface area contributed by atoms with E-state index in [2.05, 4.69) is 4.98 Å². The van der Waals surface area contributed by atoms with E-state index < -0.39 is 23.1 Å².